The van der Waals surface area contributed by atoms with Gasteiger partial charge in [0.05, 0.1) is 11.3 Å². The molecule has 0 saturated heterocycles. The van der Waals surface area contributed by atoms with E-state index in [2.05, 4.69) is 5.32 Å². The van der Waals surface area contributed by atoms with Crippen molar-refractivity contribution < 1.29 is 14.3 Å². The number of ether oxygens (including phenoxy) is 1. The second-order valence-electron chi connectivity index (χ2n) is 6.73. The Balaban J connectivity index is 1.59. The van der Waals surface area contributed by atoms with Gasteiger partial charge in [0.2, 0.25) is 0 Å². The van der Waals surface area contributed by atoms with Crippen LogP contribution in [0, 0.1) is 6.92 Å². The molecule has 4 aromatic carbocycles. The van der Waals surface area contributed by atoms with E-state index in [1.54, 1.807) is 42.5 Å². The molecular formula is C25H19NO3. The van der Waals surface area contributed by atoms with Crippen LogP contribution in [0.15, 0.2) is 91.0 Å². The molecule has 0 saturated carbocycles. The van der Waals surface area contributed by atoms with Crippen LogP contribution in [0.1, 0.15) is 26.3 Å². The third-order valence-electron chi connectivity index (χ3n) is 4.66. The van der Waals surface area contributed by atoms with Crippen LogP contribution in [0.3, 0.4) is 0 Å². The van der Waals surface area contributed by atoms with Crippen molar-refractivity contribution in [2.75, 3.05) is 5.32 Å². The largest absolute Gasteiger partial charge is 0.421 e. The van der Waals surface area contributed by atoms with Gasteiger partial charge in [-0.15, -0.1) is 0 Å². The highest BCUT2D eigenvalue weighted by Gasteiger charge is 2.15. The van der Waals surface area contributed by atoms with Gasteiger partial charge in [-0.05, 0) is 48.0 Å². The SMILES string of the molecule is Cc1ccc(C(=O)Oc2ccccc2NC(=O)c2cccc3ccccc23)cc1. The molecule has 4 rings (SSSR count). The number of hydrogen-bond donors (Lipinski definition) is 1. The van der Waals surface area contributed by atoms with Crippen molar-refractivity contribution in [3.63, 3.8) is 0 Å². The lowest BCUT2D eigenvalue weighted by molar-refractivity contribution is 0.0734. The quantitative estimate of drug-likeness (QED) is 0.369. The summed E-state index contributed by atoms with van der Waals surface area (Å²) in [7, 11) is 0. The Labute approximate surface area is 168 Å². The first-order valence-electron chi connectivity index (χ1n) is 9.29. The van der Waals surface area contributed by atoms with Gasteiger partial charge in [0, 0.05) is 5.56 Å². The van der Waals surface area contributed by atoms with Crippen LogP contribution in [-0.2, 0) is 0 Å². The molecular weight excluding hydrogens is 362 g/mol. The number of esters is 1. The van der Waals surface area contributed by atoms with Gasteiger partial charge in [-0.1, -0.05) is 66.2 Å². The van der Waals surface area contributed by atoms with E-state index in [-0.39, 0.29) is 5.91 Å². The number of carbonyl (C=O) groups excluding carboxylic acids is 2. The van der Waals surface area contributed by atoms with E-state index in [0.29, 0.717) is 22.6 Å². The molecule has 4 nitrogen and oxygen atoms in total. The van der Waals surface area contributed by atoms with Crippen LogP contribution in [-0.4, -0.2) is 11.9 Å². The highest BCUT2D eigenvalue weighted by molar-refractivity contribution is 6.13. The molecule has 0 aromatic heterocycles. The molecule has 0 radical (unpaired) electrons. The minimum absolute atomic E-state index is 0.263. The summed E-state index contributed by atoms with van der Waals surface area (Å²) in [4.78, 5) is 25.4. The molecule has 0 aliphatic heterocycles. The van der Waals surface area contributed by atoms with Crippen molar-refractivity contribution >= 4 is 28.3 Å². The molecule has 0 bridgehead atoms. The van der Waals surface area contributed by atoms with Gasteiger partial charge in [-0.25, -0.2) is 4.79 Å². The number of para-hydroxylation sites is 2. The molecule has 29 heavy (non-hydrogen) atoms. The minimum Gasteiger partial charge on any atom is -0.421 e. The fourth-order valence-corrected chi connectivity index (χ4v) is 3.12. The number of anilines is 1. The van der Waals surface area contributed by atoms with E-state index in [0.717, 1.165) is 16.3 Å². The zero-order valence-electron chi connectivity index (χ0n) is 15.9. The van der Waals surface area contributed by atoms with Gasteiger partial charge in [0.15, 0.2) is 5.75 Å². The maximum absolute atomic E-state index is 12.9. The summed E-state index contributed by atoms with van der Waals surface area (Å²) in [5, 5.41) is 4.72. The molecule has 0 atom stereocenters. The molecule has 1 amide bonds. The summed E-state index contributed by atoms with van der Waals surface area (Å²) in [5.41, 5.74) is 2.50. The Bertz CT molecular complexity index is 1190. The van der Waals surface area contributed by atoms with Gasteiger partial charge in [0.25, 0.3) is 5.91 Å². The predicted octanol–water partition coefficient (Wildman–Crippen LogP) is 5.62. The zero-order chi connectivity index (χ0) is 20.2. The maximum atomic E-state index is 12.9. The number of amides is 1. The molecule has 4 heteroatoms. The van der Waals surface area contributed by atoms with E-state index < -0.39 is 5.97 Å². The van der Waals surface area contributed by atoms with Crippen molar-refractivity contribution in [1.82, 2.24) is 0 Å². The molecule has 0 aliphatic rings. The van der Waals surface area contributed by atoms with Crippen LogP contribution in [0.4, 0.5) is 5.69 Å². The monoisotopic (exact) mass is 381 g/mol. The first-order valence-corrected chi connectivity index (χ1v) is 9.29. The number of rotatable bonds is 4. The van der Waals surface area contributed by atoms with Gasteiger partial charge < -0.3 is 10.1 Å². The number of nitrogens with one attached hydrogen (secondary N) is 1. The summed E-state index contributed by atoms with van der Waals surface area (Å²) >= 11 is 0. The molecule has 0 spiro atoms. The molecule has 142 valence electrons. The van der Waals surface area contributed by atoms with Crippen molar-refractivity contribution in [1.29, 1.82) is 0 Å². The van der Waals surface area contributed by atoms with Crippen LogP contribution < -0.4 is 10.1 Å². The van der Waals surface area contributed by atoms with Gasteiger partial charge >= 0.3 is 5.97 Å². The number of fused-ring (bicyclic) bond motifs is 1. The number of hydrogen-bond acceptors (Lipinski definition) is 3. The van der Waals surface area contributed by atoms with Gasteiger partial charge in [0.1, 0.15) is 0 Å². The first kappa shape index (κ1) is 18.4. The Hall–Kier alpha value is -3.92. The van der Waals surface area contributed by atoms with E-state index in [1.165, 1.54) is 0 Å². The third kappa shape index (κ3) is 4.01. The maximum Gasteiger partial charge on any atom is 0.343 e. The van der Waals surface area contributed by atoms with Crippen molar-refractivity contribution in [2.45, 2.75) is 6.92 Å². The van der Waals surface area contributed by atoms with Crippen molar-refractivity contribution in [3.8, 4) is 5.75 Å². The highest BCUT2D eigenvalue weighted by Crippen LogP contribution is 2.27. The first-order chi connectivity index (χ1) is 14.1. The lowest BCUT2D eigenvalue weighted by atomic mass is 10.0. The Morgan fingerprint density at radius 2 is 1.45 bits per heavy atom. The Kier molecular flexibility index (Phi) is 5.08. The smallest absolute Gasteiger partial charge is 0.343 e. The topological polar surface area (TPSA) is 55.4 Å². The number of aryl methyl sites for hydroxylation is 1. The molecule has 4 aromatic rings. The summed E-state index contributed by atoms with van der Waals surface area (Å²) in [6.07, 6.45) is 0. The summed E-state index contributed by atoms with van der Waals surface area (Å²) < 4.78 is 5.54. The fourth-order valence-electron chi connectivity index (χ4n) is 3.12. The normalized spacial score (nSPS) is 10.5. The Morgan fingerprint density at radius 3 is 2.28 bits per heavy atom. The Morgan fingerprint density at radius 1 is 0.759 bits per heavy atom. The second-order valence-corrected chi connectivity index (χ2v) is 6.73. The predicted molar refractivity (Wildman–Crippen MR) is 114 cm³/mol. The van der Waals surface area contributed by atoms with Crippen LogP contribution >= 0.6 is 0 Å². The molecule has 1 N–H and O–H groups in total. The van der Waals surface area contributed by atoms with Crippen molar-refractivity contribution in [3.05, 3.63) is 108 Å². The molecule has 0 aliphatic carbocycles. The highest BCUT2D eigenvalue weighted by atomic mass is 16.5. The van der Waals surface area contributed by atoms with Gasteiger partial charge in [-0.3, -0.25) is 4.79 Å². The zero-order valence-corrected chi connectivity index (χ0v) is 15.9. The molecule has 0 fully saturated rings. The standard InChI is InChI=1S/C25H19NO3/c1-17-13-15-19(16-14-17)25(28)29-23-12-5-4-11-22(23)26-24(27)21-10-6-8-18-7-2-3-9-20(18)21/h2-16H,1H3,(H,26,27). The molecule has 0 unspecified atom stereocenters. The third-order valence-corrected chi connectivity index (χ3v) is 4.66. The summed E-state index contributed by atoms with van der Waals surface area (Å²) in [6.45, 7) is 1.95. The number of carbonyl (C=O) groups is 2. The van der Waals surface area contributed by atoms with E-state index >= 15 is 0 Å². The summed E-state index contributed by atoms with van der Waals surface area (Å²) in [5.74, 6) is -0.441. The lowest BCUT2D eigenvalue weighted by Gasteiger charge is -2.12. The van der Waals surface area contributed by atoms with E-state index in [4.69, 9.17) is 4.74 Å². The van der Waals surface area contributed by atoms with Crippen LogP contribution in [0.25, 0.3) is 10.8 Å². The van der Waals surface area contributed by atoms with Crippen LogP contribution in [0.2, 0.25) is 0 Å². The average molecular weight is 381 g/mol. The lowest BCUT2D eigenvalue weighted by Crippen LogP contribution is -2.15. The van der Waals surface area contributed by atoms with Gasteiger partial charge in [-0.2, -0.15) is 0 Å². The molecule has 0 heterocycles. The van der Waals surface area contributed by atoms with E-state index in [9.17, 15) is 9.59 Å². The minimum atomic E-state index is -0.475. The van der Waals surface area contributed by atoms with Crippen LogP contribution in [0.5, 0.6) is 5.75 Å². The van der Waals surface area contributed by atoms with E-state index in [1.807, 2.05) is 55.5 Å². The number of benzene rings is 4. The average Bonchev–Trinajstić information content (AvgIpc) is 2.75. The second kappa shape index (κ2) is 7.98. The van der Waals surface area contributed by atoms with Crippen molar-refractivity contribution in [2.24, 2.45) is 0 Å². The summed E-state index contributed by atoms with van der Waals surface area (Å²) in [6, 6.07) is 27.3. The fraction of sp³-hybridized carbons (Fsp3) is 0.0400.